The Bertz CT molecular complexity index is 1440. The monoisotopic (exact) mass is 648 g/mol. The minimum absolute atomic E-state index is 0.322. The maximum atomic E-state index is 6.39. The summed E-state index contributed by atoms with van der Waals surface area (Å²) in [6.45, 7) is 15.9. The molecule has 0 bridgehead atoms. The maximum Gasteiger partial charge on any atom is 0.190 e. The quantitative estimate of drug-likeness (QED) is 0.425. The van der Waals surface area contributed by atoms with Crippen LogP contribution < -0.4 is 0 Å². The Labute approximate surface area is 267 Å². The lowest BCUT2D eigenvalue weighted by molar-refractivity contribution is -0.237. The van der Waals surface area contributed by atoms with Crippen LogP contribution in [0.2, 0.25) is 0 Å². The fraction of sp³-hybridized carbons (Fsp3) is 0.867. The Hall–Kier alpha value is -2.12. The maximum absolute atomic E-state index is 6.39. The molecule has 2 aromatic rings. The van der Waals surface area contributed by atoms with Gasteiger partial charge in [-0.2, -0.15) is 0 Å². The molecule has 254 valence electrons. The van der Waals surface area contributed by atoms with Crippen molar-refractivity contribution in [1.29, 1.82) is 0 Å². The molecular weight excluding hydrogens is 604 g/mol. The van der Waals surface area contributed by atoms with Crippen molar-refractivity contribution in [3.8, 4) is 0 Å². The summed E-state index contributed by atoms with van der Waals surface area (Å²) in [6, 6.07) is 0. The molecule has 6 aliphatic rings. The molecule has 8 heterocycles. The zero-order valence-electron chi connectivity index (χ0n) is 27.5. The average molecular weight is 649 g/mol. The van der Waals surface area contributed by atoms with Crippen molar-refractivity contribution in [3.05, 3.63) is 23.8 Å². The largest absolute Gasteiger partial charge is 0.342 e. The Kier molecular flexibility index (Phi) is 7.24. The summed E-state index contributed by atoms with van der Waals surface area (Å²) in [5.74, 6) is -3.09. The zero-order valence-corrected chi connectivity index (χ0v) is 27.5. The number of hydrogen-bond donors (Lipinski definition) is 0. The Morgan fingerprint density at radius 3 is 1.67 bits per heavy atom. The molecule has 16 heteroatoms. The fourth-order valence-corrected chi connectivity index (χ4v) is 7.46. The van der Waals surface area contributed by atoms with Gasteiger partial charge in [0, 0.05) is 6.20 Å². The highest BCUT2D eigenvalue weighted by Gasteiger charge is 2.62. The Morgan fingerprint density at radius 1 is 0.587 bits per heavy atom. The second kappa shape index (κ2) is 10.7. The number of aromatic nitrogens is 6. The first-order valence-electron chi connectivity index (χ1n) is 16.1. The predicted octanol–water partition coefficient (Wildman–Crippen LogP) is 1.45. The topological polar surface area (TPSA) is 154 Å². The van der Waals surface area contributed by atoms with Crippen LogP contribution >= 0.6 is 0 Å². The van der Waals surface area contributed by atoms with Crippen molar-refractivity contribution < 1.29 is 47.4 Å². The third kappa shape index (κ3) is 5.80. The molecule has 0 aliphatic carbocycles. The van der Waals surface area contributed by atoms with Gasteiger partial charge in [0.25, 0.3) is 0 Å². The van der Waals surface area contributed by atoms with Gasteiger partial charge in [0.1, 0.15) is 48.8 Å². The molecule has 0 radical (unpaired) electrons. The molecule has 16 nitrogen and oxygen atoms in total. The van der Waals surface area contributed by atoms with E-state index < -0.39 is 35.7 Å². The second-order valence-electron chi connectivity index (χ2n) is 14.8. The lowest BCUT2D eigenvalue weighted by Crippen LogP contribution is -2.56. The van der Waals surface area contributed by atoms with Gasteiger partial charge < -0.3 is 47.4 Å². The standard InChI is InChI=1S/C30H44N6O10/c1-27(2)39-19-17(37-25-23(21(19)41-27)43-29(5,6)45-25)13-35-12-15(32-34-35)9-10-16-11-31-33-36(16)14-18-20-22(42-28(3,4)40-20)24-26(38-18)46-30(7,8)44-24/h11-12,17-26H,9-10,13-14H2,1-8H3/t17-,18-,19+,20+,21+,22+,23-,24-,25-,26-/m1/s1. The molecular formula is C30H44N6O10. The first-order valence-corrected chi connectivity index (χ1v) is 16.1. The van der Waals surface area contributed by atoms with Crippen LogP contribution in [0.4, 0.5) is 0 Å². The van der Waals surface area contributed by atoms with Gasteiger partial charge in [0.2, 0.25) is 0 Å². The summed E-state index contributed by atoms with van der Waals surface area (Å²) in [7, 11) is 0. The van der Waals surface area contributed by atoms with Crippen LogP contribution in [-0.4, -0.2) is 115 Å². The van der Waals surface area contributed by atoms with Crippen LogP contribution in [0.5, 0.6) is 0 Å². The molecule has 46 heavy (non-hydrogen) atoms. The normalized spacial score (nSPS) is 41.2. The third-order valence-electron chi connectivity index (χ3n) is 9.14. The molecule has 2 aromatic heterocycles. The minimum atomic E-state index is -0.780. The molecule has 6 aliphatic heterocycles. The number of fused-ring (bicyclic) bond motifs is 6. The number of nitrogens with zero attached hydrogens (tertiary/aromatic N) is 6. The summed E-state index contributed by atoms with van der Waals surface area (Å²) in [4.78, 5) is 0. The van der Waals surface area contributed by atoms with E-state index in [9.17, 15) is 0 Å². The molecule has 0 N–H and O–H groups in total. The van der Waals surface area contributed by atoms with Crippen molar-refractivity contribution in [3.63, 3.8) is 0 Å². The van der Waals surface area contributed by atoms with E-state index in [1.54, 1.807) is 10.9 Å². The van der Waals surface area contributed by atoms with Crippen LogP contribution in [0.3, 0.4) is 0 Å². The van der Waals surface area contributed by atoms with Gasteiger partial charge >= 0.3 is 0 Å². The van der Waals surface area contributed by atoms with E-state index in [0.717, 1.165) is 11.4 Å². The van der Waals surface area contributed by atoms with Crippen LogP contribution in [0.15, 0.2) is 12.4 Å². The highest BCUT2D eigenvalue weighted by atomic mass is 16.9. The van der Waals surface area contributed by atoms with Gasteiger partial charge in [-0.15, -0.1) is 10.2 Å². The van der Waals surface area contributed by atoms with Crippen molar-refractivity contribution in [1.82, 2.24) is 30.0 Å². The van der Waals surface area contributed by atoms with Gasteiger partial charge in [0.15, 0.2) is 35.7 Å². The van der Waals surface area contributed by atoms with Crippen LogP contribution in [0, 0.1) is 0 Å². The molecule has 8 rings (SSSR count). The first-order chi connectivity index (χ1) is 21.6. The summed E-state index contributed by atoms with van der Waals surface area (Å²) < 4.78 is 65.7. The molecule has 6 fully saturated rings. The average Bonchev–Trinajstić information content (AvgIpc) is 3.76. The van der Waals surface area contributed by atoms with Crippen LogP contribution in [-0.2, 0) is 73.3 Å². The van der Waals surface area contributed by atoms with Gasteiger partial charge in [-0.05, 0) is 68.2 Å². The zero-order chi connectivity index (χ0) is 32.2. The van der Waals surface area contributed by atoms with E-state index in [1.165, 1.54) is 0 Å². The van der Waals surface area contributed by atoms with Crippen molar-refractivity contribution in [2.75, 3.05) is 0 Å². The highest BCUT2D eigenvalue weighted by Crippen LogP contribution is 2.46. The number of hydrogen-bond acceptors (Lipinski definition) is 14. The van der Waals surface area contributed by atoms with Crippen molar-refractivity contribution >= 4 is 0 Å². The summed E-state index contributed by atoms with van der Waals surface area (Å²) in [5.41, 5.74) is 1.76. The van der Waals surface area contributed by atoms with Crippen LogP contribution in [0.1, 0.15) is 66.8 Å². The number of aryl methyl sites for hydroxylation is 2. The SMILES string of the molecule is CC1(C)O[C@H]2[C@@H](O1)[C@@H](Cn1cc(CCc3cnnn3C[C@H]3O[C@@H]4OC(C)(C)O[C@@H]4[C@H]4OC(C)(C)O[C@H]43)nn1)O[C@@H]1OC(C)(C)O[C@@H]12. The summed E-state index contributed by atoms with van der Waals surface area (Å²) >= 11 is 0. The van der Waals surface area contributed by atoms with Gasteiger partial charge in [-0.1, -0.05) is 10.4 Å². The van der Waals surface area contributed by atoms with E-state index in [-0.39, 0.29) is 48.8 Å². The van der Waals surface area contributed by atoms with E-state index in [1.807, 2.05) is 66.3 Å². The molecule has 0 spiro atoms. The molecule has 0 saturated carbocycles. The van der Waals surface area contributed by atoms with E-state index >= 15 is 0 Å². The van der Waals surface area contributed by atoms with Gasteiger partial charge in [0.05, 0.1) is 30.7 Å². The molecule has 10 atom stereocenters. The molecule has 0 unspecified atom stereocenters. The van der Waals surface area contributed by atoms with E-state index in [0.29, 0.717) is 25.9 Å². The summed E-state index contributed by atoms with van der Waals surface area (Å²) in [5, 5.41) is 17.4. The highest BCUT2D eigenvalue weighted by molar-refractivity contribution is 5.05. The van der Waals surface area contributed by atoms with Gasteiger partial charge in [-0.25, -0.2) is 9.36 Å². The molecule has 6 saturated heterocycles. The lowest BCUT2D eigenvalue weighted by atomic mass is 9.99. The summed E-state index contributed by atoms with van der Waals surface area (Å²) in [6.07, 6.45) is 0.993. The third-order valence-corrected chi connectivity index (χ3v) is 9.14. The molecule has 0 aromatic carbocycles. The first kappa shape index (κ1) is 31.2. The number of ether oxygens (including phenoxy) is 10. The van der Waals surface area contributed by atoms with E-state index in [2.05, 4.69) is 20.6 Å². The van der Waals surface area contributed by atoms with Crippen molar-refractivity contribution in [2.45, 2.75) is 166 Å². The second-order valence-corrected chi connectivity index (χ2v) is 14.8. The smallest absolute Gasteiger partial charge is 0.190 e. The van der Waals surface area contributed by atoms with E-state index in [4.69, 9.17) is 47.4 Å². The molecule has 0 amide bonds. The predicted molar refractivity (Wildman–Crippen MR) is 152 cm³/mol. The Balaban J connectivity index is 0.917. The van der Waals surface area contributed by atoms with Crippen LogP contribution in [0.25, 0.3) is 0 Å². The van der Waals surface area contributed by atoms with Crippen molar-refractivity contribution in [2.24, 2.45) is 0 Å². The lowest BCUT2D eigenvalue weighted by Gasteiger charge is -2.37. The number of rotatable bonds is 7. The minimum Gasteiger partial charge on any atom is -0.342 e. The fourth-order valence-electron chi connectivity index (χ4n) is 7.46. The Morgan fingerprint density at radius 2 is 1.09 bits per heavy atom. The van der Waals surface area contributed by atoms with Gasteiger partial charge in [-0.3, -0.25) is 0 Å².